The van der Waals surface area contributed by atoms with Crippen molar-refractivity contribution in [3.8, 4) is 0 Å². The van der Waals surface area contributed by atoms with Gasteiger partial charge in [0.05, 0.1) is 21.7 Å². The normalized spacial score (nSPS) is 15.1. The lowest BCUT2D eigenvalue weighted by atomic mass is 10.2. The Balaban J connectivity index is 1.65. The van der Waals surface area contributed by atoms with Gasteiger partial charge >= 0.3 is 0 Å². The maximum Gasteiger partial charge on any atom is 0.279 e. The van der Waals surface area contributed by atoms with Gasteiger partial charge in [0.2, 0.25) is 10.0 Å². The minimum atomic E-state index is -3.55. The standard InChI is InChI=1S/C22H24BrN3O4S2/c1-3-30-13-12-26-19-11-6-16(23)14-20(19)31-22(26)24-21(27)15-4-9-18(10-5-15)32(28,29)25(2)17-7-8-17/h4-6,9-11,14,17H,3,7-8,12-13H2,1-2H3. The van der Waals surface area contributed by atoms with Gasteiger partial charge in [0.25, 0.3) is 5.91 Å². The van der Waals surface area contributed by atoms with E-state index in [1.165, 1.54) is 39.9 Å². The number of amides is 1. The number of thiazole rings is 1. The van der Waals surface area contributed by atoms with Crippen molar-refractivity contribution in [2.24, 2.45) is 4.99 Å². The van der Waals surface area contributed by atoms with Gasteiger partial charge in [-0.25, -0.2) is 8.42 Å². The molecule has 3 aromatic rings. The molecule has 1 heterocycles. The molecule has 7 nitrogen and oxygen atoms in total. The lowest BCUT2D eigenvalue weighted by Crippen LogP contribution is -2.28. The Bertz CT molecular complexity index is 1310. The number of rotatable bonds is 8. The molecule has 0 N–H and O–H groups in total. The van der Waals surface area contributed by atoms with Gasteiger partial charge in [-0.15, -0.1) is 0 Å². The van der Waals surface area contributed by atoms with Crippen LogP contribution in [0.1, 0.15) is 30.1 Å². The lowest BCUT2D eigenvalue weighted by Gasteiger charge is -2.16. The molecule has 0 unspecified atom stereocenters. The smallest absolute Gasteiger partial charge is 0.279 e. The van der Waals surface area contributed by atoms with E-state index in [9.17, 15) is 13.2 Å². The number of sulfonamides is 1. The van der Waals surface area contributed by atoms with Crippen LogP contribution in [0, 0.1) is 0 Å². The summed E-state index contributed by atoms with van der Waals surface area (Å²) in [5.74, 6) is -0.416. The van der Waals surface area contributed by atoms with Crippen molar-refractivity contribution in [1.82, 2.24) is 8.87 Å². The van der Waals surface area contributed by atoms with E-state index in [4.69, 9.17) is 4.74 Å². The van der Waals surface area contributed by atoms with Crippen LogP contribution in [-0.2, 0) is 21.3 Å². The molecule has 0 bridgehead atoms. The number of benzene rings is 2. The van der Waals surface area contributed by atoms with Crippen LogP contribution in [0.15, 0.2) is 56.8 Å². The SMILES string of the molecule is CCOCCn1c(=NC(=O)c2ccc(S(=O)(=O)N(C)C3CC3)cc2)sc2cc(Br)ccc21. The van der Waals surface area contributed by atoms with Crippen LogP contribution < -0.4 is 4.80 Å². The average Bonchev–Trinajstić information content (AvgIpc) is 3.57. The summed E-state index contributed by atoms with van der Waals surface area (Å²) in [5, 5.41) is 0. The number of carbonyl (C=O) groups excluding carboxylic acids is 1. The van der Waals surface area contributed by atoms with Crippen molar-refractivity contribution >= 4 is 53.4 Å². The van der Waals surface area contributed by atoms with Crippen molar-refractivity contribution in [3.63, 3.8) is 0 Å². The topological polar surface area (TPSA) is 81.0 Å². The van der Waals surface area contributed by atoms with Crippen molar-refractivity contribution in [3.05, 3.63) is 57.3 Å². The molecule has 1 aromatic heterocycles. The Hall–Kier alpha value is -1.85. The summed E-state index contributed by atoms with van der Waals surface area (Å²) in [5.41, 5.74) is 1.32. The first-order valence-corrected chi connectivity index (χ1v) is 13.4. The van der Waals surface area contributed by atoms with E-state index in [-0.39, 0.29) is 10.9 Å². The fraction of sp³-hybridized carbons (Fsp3) is 0.364. The molecular formula is C22H24BrN3O4S2. The van der Waals surface area contributed by atoms with E-state index in [0.29, 0.717) is 30.1 Å². The maximum atomic E-state index is 12.9. The van der Waals surface area contributed by atoms with Crippen LogP contribution in [-0.4, -0.2) is 49.5 Å². The van der Waals surface area contributed by atoms with Crippen LogP contribution in [0.25, 0.3) is 10.2 Å². The second-order valence-corrected chi connectivity index (χ2v) is 11.5. The van der Waals surface area contributed by atoms with Crippen LogP contribution in [0.2, 0.25) is 0 Å². The van der Waals surface area contributed by atoms with Crippen molar-refractivity contribution in [2.75, 3.05) is 20.3 Å². The fourth-order valence-corrected chi connectivity index (χ4v) is 6.39. The van der Waals surface area contributed by atoms with Gasteiger partial charge in [0, 0.05) is 36.3 Å². The highest BCUT2D eigenvalue weighted by Gasteiger charge is 2.35. The molecule has 4 rings (SSSR count). The minimum Gasteiger partial charge on any atom is -0.380 e. The number of aromatic nitrogens is 1. The first-order chi connectivity index (χ1) is 15.3. The lowest BCUT2D eigenvalue weighted by molar-refractivity contribution is 0.0996. The molecule has 1 saturated carbocycles. The van der Waals surface area contributed by atoms with Gasteiger partial charge in [-0.1, -0.05) is 27.3 Å². The summed E-state index contributed by atoms with van der Waals surface area (Å²) in [6.45, 7) is 3.65. The number of carbonyl (C=O) groups is 1. The molecule has 1 amide bonds. The minimum absolute atomic E-state index is 0.0800. The quantitative estimate of drug-likeness (QED) is 0.406. The van der Waals surface area contributed by atoms with E-state index < -0.39 is 15.9 Å². The van der Waals surface area contributed by atoms with Gasteiger partial charge in [-0.2, -0.15) is 9.30 Å². The third kappa shape index (κ3) is 4.89. The largest absolute Gasteiger partial charge is 0.380 e. The summed E-state index contributed by atoms with van der Waals surface area (Å²) in [7, 11) is -1.95. The first-order valence-electron chi connectivity index (χ1n) is 10.3. The van der Waals surface area contributed by atoms with Crippen molar-refractivity contribution in [1.29, 1.82) is 0 Å². The second-order valence-electron chi connectivity index (χ2n) is 7.54. The monoisotopic (exact) mass is 537 g/mol. The highest BCUT2D eigenvalue weighted by atomic mass is 79.9. The highest BCUT2D eigenvalue weighted by Crippen LogP contribution is 2.30. The molecule has 0 saturated heterocycles. The molecule has 0 aliphatic heterocycles. The Kier molecular flexibility index (Phi) is 6.97. The molecule has 1 aliphatic carbocycles. The van der Waals surface area contributed by atoms with E-state index in [1.807, 2.05) is 29.7 Å². The van der Waals surface area contributed by atoms with Gasteiger partial charge in [-0.05, 0) is 62.2 Å². The molecule has 0 atom stereocenters. The highest BCUT2D eigenvalue weighted by molar-refractivity contribution is 9.10. The van der Waals surface area contributed by atoms with E-state index >= 15 is 0 Å². The summed E-state index contributed by atoms with van der Waals surface area (Å²) >= 11 is 4.91. The Morgan fingerprint density at radius 2 is 1.97 bits per heavy atom. The van der Waals surface area contributed by atoms with E-state index in [0.717, 1.165) is 27.5 Å². The van der Waals surface area contributed by atoms with E-state index in [1.54, 1.807) is 7.05 Å². The van der Waals surface area contributed by atoms with Crippen LogP contribution >= 0.6 is 27.3 Å². The number of nitrogens with zero attached hydrogens (tertiary/aromatic N) is 3. The molecule has 0 radical (unpaired) electrons. The van der Waals surface area contributed by atoms with Gasteiger partial charge < -0.3 is 9.30 Å². The van der Waals surface area contributed by atoms with E-state index in [2.05, 4.69) is 20.9 Å². The van der Waals surface area contributed by atoms with Crippen LogP contribution in [0.3, 0.4) is 0 Å². The van der Waals surface area contributed by atoms with Crippen molar-refractivity contribution < 1.29 is 17.9 Å². The Morgan fingerprint density at radius 1 is 1.25 bits per heavy atom. The summed E-state index contributed by atoms with van der Waals surface area (Å²) in [6.07, 6.45) is 1.78. The predicted molar refractivity (Wildman–Crippen MR) is 128 cm³/mol. The van der Waals surface area contributed by atoms with Gasteiger partial charge in [0.1, 0.15) is 0 Å². The third-order valence-corrected chi connectivity index (χ3v) is 8.80. The van der Waals surface area contributed by atoms with Crippen molar-refractivity contribution in [2.45, 2.75) is 37.2 Å². The molecule has 32 heavy (non-hydrogen) atoms. The van der Waals surface area contributed by atoms with Crippen LogP contribution in [0.4, 0.5) is 0 Å². The molecule has 2 aromatic carbocycles. The molecular weight excluding hydrogens is 514 g/mol. The predicted octanol–water partition coefficient (Wildman–Crippen LogP) is 4.03. The first kappa shape index (κ1) is 23.3. The zero-order valence-electron chi connectivity index (χ0n) is 17.8. The summed E-state index contributed by atoms with van der Waals surface area (Å²) in [6, 6.07) is 12.0. The summed E-state index contributed by atoms with van der Waals surface area (Å²) in [4.78, 5) is 18.0. The Morgan fingerprint density at radius 3 is 2.62 bits per heavy atom. The number of fused-ring (bicyclic) bond motifs is 1. The second kappa shape index (κ2) is 9.56. The zero-order chi connectivity index (χ0) is 22.9. The van der Waals surface area contributed by atoms with Gasteiger partial charge in [0.15, 0.2) is 4.80 Å². The fourth-order valence-electron chi connectivity index (χ4n) is 3.37. The molecule has 170 valence electrons. The zero-order valence-corrected chi connectivity index (χ0v) is 21.0. The third-order valence-electron chi connectivity index (χ3n) is 5.34. The molecule has 1 aliphatic rings. The molecule has 0 spiro atoms. The molecule has 10 heteroatoms. The number of hydrogen-bond acceptors (Lipinski definition) is 5. The average molecular weight is 538 g/mol. The maximum absolute atomic E-state index is 12.9. The number of ether oxygens (including phenoxy) is 1. The Labute approximate surface area is 199 Å². The number of halogens is 1. The molecule has 1 fully saturated rings. The van der Waals surface area contributed by atoms with Crippen LogP contribution in [0.5, 0.6) is 0 Å². The summed E-state index contributed by atoms with van der Waals surface area (Å²) < 4.78 is 36.2. The number of hydrogen-bond donors (Lipinski definition) is 0. The van der Waals surface area contributed by atoms with Gasteiger partial charge in [-0.3, -0.25) is 4.79 Å².